The van der Waals surface area contributed by atoms with Gasteiger partial charge in [-0.15, -0.1) is 0 Å². The van der Waals surface area contributed by atoms with Crippen molar-refractivity contribution in [1.29, 1.82) is 0 Å². The molecule has 0 amide bonds. The molecule has 1 heterocycles. The molecule has 1 aliphatic heterocycles. The first-order chi connectivity index (χ1) is 6.79. The predicted octanol–water partition coefficient (Wildman–Crippen LogP) is 2.29. The van der Waals surface area contributed by atoms with E-state index >= 15 is 0 Å². The van der Waals surface area contributed by atoms with E-state index in [0.717, 1.165) is 12.0 Å². The van der Waals surface area contributed by atoms with Crippen LogP contribution >= 0.6 is 0 Å². The predicted molar refractivity (Wildman–Crippen MR) is 58.4 cm³/mol. The van der Waals surface area contributed by atoms with Crippen LogP contribution in [0.15, 0.2) is 0 Å². The van der Waals surface area contributed by atoms with Crippen molar-refractivity contribution in [2.75, 3.05) is 20.2 Å². The van der Waals surface area contributed by atoms with Crippen molar-refractivity contribution in [3.05, 3.63) is 0 Å². The Morgan fingerprint density at radius 3 is 2.36 bits per heavy atom. The van der Waals surface area contributed by atoms with Gasteiger partial charge < -0.3 is 4.74 Å². The number of hydrogen-bond donors (Lipinski definition) is 0. The zero-order valence-corrected chi connectivity index (χ0v) is 9.54. The third kappa shape index (κ3) is 2.29. The Morgan fingerprint density at radius 1 is 1.07 bits per heavy atom. The summed E-state index contributed by atoms with van der Waals surface area (Å²) in [6, 6.07) is 0.867. The van der Waals surface area contributed by atoms with Crippen LogP contribution in [0.25, 0.3) is 0 Å². The van der Waals surface area contributed by atoms with Crippen molar-refractivity contribution < 1.29 is 4.74 Å². The van der Waals surface area contributed by atoms with Crippen LogP contribution in [0.4, 0.5) is 0 Å². The molecule has 0 unspecified atom stereocenters. The highest BCUT2D eigenvalue weighted by molar-refractivity contribution is 4.84. The molecular weight excluding hydrogens is 174 g/mol. The molecule has 0 bridgehead atoms. The second kappa shape index (κ2) is 4.63. The molecule has 0 aromatic carbocycles. The normalized spacial score (nSPS) is 40.3. The van der Waals surface area contributed by atoms with E-state index < -0.39 is 0 Å². The molecule has 2 fully saturated rings. The van der Waals surface area contributed by atoms with Gasteiger partial charge in [0.1, 0.15) is 0 Å². The molecule has 82 valence electrons. The smallest absolute Gasteiger partial charge is 0.0710 e. The van der Waals surface area contributed by atoms with E-state index in [1.54, 1.807) is 0 Å². The summed E-state index contributed by atoms with van der Waals surface area (Å²) in [4.78, 5) is 2.65. The second-order valence-corrected chi connectivity index (χ2v) is 5.06. The Bertz CT molecular complexity index is 175. The highest BCUT2D eigenvalue weighted by Crippen LogP contribution is 2.29. The molecule has 2 rings (SSSR count). The van der Waals surface area contributed by atoms with Gasteiger partial charge in [0.2, 0.25) is 0 Å². The number of hydrogen-bond acceptors (Lipinski definition) is 2. The molecule has 0 N–H and O–H groups in total. The van der Waals surface area contributed by atoms with Gasteiger partial charge in [0.25, 0.3) is 0 Å². The largest absolute Gasteiger partial charge is 0.380 e. The lowest BCUT2D eigenvalue weighted by Crippen LogP contribution is -2.36. The Balaban J connectivity index is 1.79. The van der Waals surface area contributed by atoms with Gasteiger partial charge >= 0.3 is 0 Å². The van der Waals surface area contributed by atoms with Gasteiger partial charge in [0.15, 0.2) is 0 Å². The van der Waals surface area contributed by atoms with E-state index in [0.29, 0.717) is 6.10 Å². The third-order valence-electron chi connectivity index (χ3n) is 4.01. The summed E-state index contributed by atoms with van der Waals surface area (Å²) in [7, 11) is 1.84. The van der Waals surface area contributed by atoms with Crippen LogP contribution in [0.5, 0.6) is 0 Å². The summed E-state index contributed by atoms with van der Waals surface area (Å²) < 4.78 is 5.41. The molecule has 2 nitrogen and oxygen atoms in total. The van der Waals surface area contributed by atoms with Crippen LogP contribution in [0.2, 0.25) is 0 Å². The molecule has 1 atom stereocenters. The third-order valence-corrected chi connectivity index (χ3v) is 4.01. The average molecular weight is 197 g/mol. The van der Waals surface area contributed by atoms with Gasteiger partial charge in [-0.05, 0) is 38.0 Å². The highest BCUT2D eigenvalue weighted by atomic mass is 16.5. The molecular formula is C12H23NO. The number of rotatable bonds is 2. The lowest BCUT2D eigenvalue weighted by Gasteiger charge is -2.33. The lowest BCUT2D eigenvalue weighted by atomic mass is 9.87. The van der Waals surface area contributed by atoms with Crippen LogP contribution in [0.3, 0.4) is 0 Å². The summed E-state index contributed by atoms with van der Waals surface area (Å²) in [6.45, 7) is 4.82. The zero-order valence-electron chi connectivity index (χ0n) is 9.54. The Morgan fingerprint density at radius 2 is 1.79 bits per heavy atom. The molecule has 2 heteroatoms. The average Bonchev–Trinajstić information content (AvgIpc) is 2.67. The van der Waals surface area contributed by atoms with Crippen LogP contribution < -0.4 is 0 Å². The number of methoxy groups -OCH3 is 1. The van der Waals surface area contributed by atoms with E-state index in [2.05, 4.69) is 11.8 Å². The number of likely N-dealkylation sites (tertiary alicyclic amines) is 1. The monoisotopic (exact) mass is 197 g/mol. The minimum absolute atomic E-state index is 0.509. The summed E-state index contributed by atoms with van der Waals surface area (Å²) in [6.07, 6.45) is 7.43. The Hall–Kier alpha value is -0.0800. The molecule has 0 radical (unpaired) electrons. The van der Waals surface area contributed by atoms with Gasteiger partial charge in [-0.3, -0.25) is 4.90 Å². The maximum absolute atomic E-state index is 5.41. The second-order valence-electron chi connectivity index (χ2n) is 5.06. The van der Waals surface area contributed by atoms with Crippen molar-refractivity contribution in [2.45, 2.75) is 51.2 Å². The molecule has 0 aromatic heterocycles. The number of ether oxygens (including phenoxy) is 1. The van der Waals surface area contributed by atoms with E-state index in [-0.39, 0.29) is 0 Å². The first-order valence-electron chi connectivity index (χ1n) is 6.06. The number of nitrogens with zero attached hydrogens (tertiary/aromatic N) is 1. The molecule has 1 saturated carbocycles. The van der Waals surface area contributed by atoms with Gasteiger partial charge in [-0.2, -0.15) is 0 Å². The lowest BCUT2D eigenvalue weighted by molar-refractivity contribution is 0.0924. The van der Waals surface area contributed by atoms with Gasteiger partial charge in [-0.25, -0.2) is 0 Å². The Kier molecular flexibility index (Phi) is 3.45. The van der Waals surface area contributed by atoms with Crippen LogP contribution in [-0.2, 0) is 4.74 Å². The van der Waals surface area contributed by atoms with Crippen LogP contribution in [-0.4, -0.2) is 37.2 Å². The first-order valence-corrected chi connectivity index (χ1v) is 6.06. The minimum atomic E-state index is 0.509. The molecule has 0 spiro atoms. The molecule has 0 aromatic rings. The standard InChI is InChI=1S/C12H23NO/c1-10-3-5-11(6-4-10)13-8-7-12(9-13)14-2/h10-12H,3-9H2,1-2H3/t10?,11?,12-/m0/s1. The highest BCUT2D eigenvalue weighted by Gasteiger charge is 2.30. The van der Waals surface area contributed by atoms with E-state index in [4.69, 9.17) is 4.74 Å². The van der Waals surface area contributed by atoms with Crippen molar-refractivity contribution >= 4 is 0 Å². The van der Waals surface area contributed by atoms with Crippen molar-refractivity contribution in [3.8, 4) is 0 Å². The van der Waals surface area contributed by atoms with Crippen molar-refractivity contribution in [1.82, 2.24) is 4.90 Å². The molecule has 2 aliphatic rings. The summed E-state index contributed by atoms with van der Waals surface area (Å²) >= 11 is 0. The summed E-state index contributed by atoms with van der Waals surface area (Å²) in [5, 5.41) is 0. The zero-order chi connectivity index (χ0) is 9.97. The van der Waals surface area contributed by atoms with Crippen LogP contribution in [0, 0.1) is 5.92 Å². The molecule has 14 heavy (non-hydrogen) atoms. The SMILES string of the molecule is CO[C@H]1CCN(C2CCC(C)CC2)C1. The van der Waals surface area contributed by atoms with Gasteiger partial charge in [0.05, 0.1) is 6.10 Å². The first kappa shape index (κ1) is 10.4. The fourth-order valence-electron chi connectivity index (χ4n) is 2.89. The molecule has 1 aliphatic carbocycles. The maximum Gasteiger partial charge on any atom is 0.0710 e. The van der Waals surface area contributed by atoms with Crippen molar-refractivity contribution in [2.24, 2.45) is 5.92 Å². The van der Waals surface area contributed by atoms with E-state index in [9.17, 15) is 0 Å². The molecule has 1 saturated heterocycles. The van der Waals surface area contributed by atoms with Crippen LogP contribution in [0.1, 0.15) is 39.0 Å². The van der Waals surface area contributed by atoms with Gasteiger partial charge in [0, 0.05) is 26.2 Å². The summed E-state index contributed by atoms with van der Waals surface area (Å²) in [5.41, 5.74) is 0. The quantitative estimate of drug-likeness (QED) is 0.673. The summed E-state index contributed by atoms with van der Waals surface area (Å²) in [5.74, 6) is 0.965. The van der Waals surface area contributed by atoms with E-state index in [1.807, 2.05) is 7.11 Å². The fraction of sp³-hybridized carbons (Fsp3) is 1.00. The minimum Gasteiger partial charge on any atom is -0.380 e. The maximum atomic E-state index is 5.41. The van der Waals surface area contributed by atoms with E-state index in [1.165, 1.54) is 45.2 Å². The van der Waals surface area contributed by atoms with Crippen molar-refractivity contribution in [3.63, 3.8) is 0 Å². The Labute approximate surface area is 87.6 Å². The van der Waals surface area contributed by atoms with Gasteiger partial charge in [-0.1, -0.05) is 6.92 Å². The topological polar surface area (TPSA) is 12.5 Å². The fourth-order valence-corrected chi connectivity index (χ4v) is 2.89.